The lowest BCUT2D eigenvalue weighted by Gasteiger charge is -2.47. The van der Waals surface area contributed by atoms with E-state index in [0.717, 1.165) is 32.4 Å². The molecule has 1 saturated heterocycles. The van der Waals surface area contributed by atoms with Crippen molar-refractivity contribution in [2.24, 2.45) is 11.1 Å². The summed E-state index contributed by atoms with van der Waals surface area (Å²) in [6.07, 6.45) is 10.9. The minimum Gasteiger partial charge on any atom is -0.341 e. The van der Waals surface area contributed by atoms with Gasteiger partial charge in [0.2, 0.25) is 5.91 Å². The molecule has 0 aromatic carbocycles. The van der Waals surface area contributed by atoms with Gasteiger partial charge in [-0.2, -0.15) is 0 Å². The molecule has 0 aromatic heterocycles. The molecule has 2 N–H and O–H groups in total. The first-order valence-electron chi connectivity index (χ1n) is 8.07. The molecule has 0 radical (unpaired) electrons. The van der Waals surface area contributed by atoms with Crippen LogP contribution in [-0.4, -0.2) is 29.4 Å². The van der Waals surface area contributed by atoms with Crippen molar-refractivity contribution < 1.29 is 4.79 Å². The third kappa shape index (κ3) is 3.88. The number of hydrogen-bond donors (Lipinski definition) is 1. The van der Waals surface area contributed by atoms with Gasteiger partial charge in [-0.1, -0.05) is 32.6 Å². The van der Waals surface area contributed by atoms with Crippen LogP contribution in [0.4, 0.5) is 0 Å². The van der Waals surface area contributed by atoms with E-state index in [9.17, 15) is 4.79 Å². The smallest absolute Gasteiger partial charge is 0.242 e. The van der Waals surface area contributed by atoms with E-state index in [-0.39, 0.29) is 18.3 Å². The summed E-state index contributed by atoms with van der Waals surface area (Å²) < 4.78 is 0. The topological polar surface area (TPSA) is 46.3 Å². The van der Waals surface area contributed by atoms with E-state index in [1.54, 1.807) is 0 Å². The highest BCUT2D eigenvalue weighted by Crippen LogP contribution is 2.43. The molecule has 1 saturated carbocycles. The Bertz CT molecular complexity index is 319. The van der Waals surface area contributed by atoms with Crippen molar-refractivity contribution in [3.63, 3.8) is 0 Å². The summed E-state index contributed by atoms with van der Waals surface area (Å²) in [5.74, 6) is 0.180. The Morgan fingerprint density at radius 3 is 2.40 bits per heavy atom. The predicted octanol–water partition coefficient (Wildman–Crippen LogP) is 3.50. The summed E-state index contributed by atoms with van der Waals surface area (Å²) in [6.45, 7) is 5.87. The number of amides is 1. The number of halogens is 1. The van der Waals surface area contributed by atoms with Crippen LogP contribution < -0.4 is 5.73 Å². The lowest BCUT2D eigenvalue weighted by molar-refractivity contribution is -0.141. The van der Waals surface area contributed by atoms with Crippen molar-refractivity contribution in [1.82, 2.24) is 4.90 Å². The van der Waals surface area contributed by atoms with Gasteiger partial charge in [0, 0.05) is 13.1 Å². The minimum atomic E-state index is -0.665. The van der Waals surface area contributed by atoms with Crippen LogP contribution in [0.1, 0.15) is 71.6 Å². The summed E-state index contributed by atoms with van der Waals surface area (Å²) in [7, 11) is 0. The molecule has 0 aromatic rings. The Balaban J connectivity index is 0.00000200. The zero-order valence-corrected chi connectivity index (χ0v) is 13.9. The van der Waals surface area contributed by atoms with E-state index < -0.39 is 5.54 Å². The fraction of sp³-hybridized carbons (Fsp3) is 0.938. The van der Waals surface area contributed by atoms with Crippen LogP contribution in [0.5, 0.6) is 0 Å². The molecule has 1 unspecified atom stereocenters. The lowest BCUT2D eigenvalue weighted by Crippen LogP contribution is -2.57. The molecular formula is C16H31ClN2O. The average molecular weight is 303 g/mol. The van der Waals surface area contributed by atoms with E-state index in [0.29, 0.717) is 5.41 Å². The van der Waals surface area contributed by atoms with Gasteiger partial charge < -0.3 is 10.6 Å². The molecule has 118 valence electrons. The second-order valence-corrected chi connectivity index (χ2v) is 7.06. The maximum absolute atomic E-state index is 12.6. The summed E-state index contributed by atoms with van der Waals surface area (Å²) in [6, 6.07) is 0. The highest BCUT2D eigenvalue weighted by atomic mass is 35.5. The van der Waals surface area contributed by atoms with Crippen molar-refractivity contribution >= 4 is 18.3 Å². The molecule has 0 bridgehead atoms. The van der Waals surface area contributed by atoms with Crippen LogP contribution >= 0.6 is 12.4 Å². The largest absolute Gasteiger partial charge is 0.341 e. The molecule has 2 fully saturated rings. The van der Waals surface area contributed by atoms with Crippen molar-refractivity contribution in [2.45, 2.75) is 77.2 Å². The van der Waals surface area contributed by atoms with Crippen LogP contribution in [0.3, 0.4) is 0 Å². The van der Waals surface area contributed by atoms with E-state index >= 15 is 0 Å². The fourth-order valence-corrected chi connectivity index (χ4v) is 4.08. The number of hydrogen-bond acceptors (Lipinski definition) is 2. The molecule has 3 nitrogen and oxygen atoms in total. The Labute approximate surface area is 130 Å². The van der Waals surface area contributed by atoms with Gasteiger partial charge in [0.25, 0.3) is 0 Å². The Hall–Kier alpha value is -0.280. The first-order valence-corrected chi connectivity index (χ1v) is 8.07. The van der Waals surface area contributed by atoms with Crippen LogP contribution in [0.15, 0.2) is 0 Å². The molecule has 20 heavy (non-hydrogen) atoms. The number of piperidine rings is 1. The van der Waals surface area contributed by atoms with Gasteiger partial charge in [-0.3, -0.25) is 4.79 Å². The number of rotatable bonds is 3. The standard InChI is InChI=1S/C16H30N2O.ClH/c1-3-8-15(2,17)14(19)18-12-7-11-16(13-18)9-5-4-6-10-16;/h3-13,17H2,1-2H3;1H. The molecule has 2 aliphatic rings. The second kappa shape index (κ2) is 7.13. The van der Waals surface area contributed by atoms with Gasteiger partial charge in [-0.15, -0.1) is 12.4 Å². The molecule has 4 heteroatoms. The maximum atomic E-state index is 12.6. The number of carbonyl (C=O) groups is 1. The van der Waals surface area contributed by atoms with E-state index in [2.05, 4.69) is 11.8 Å². The van der Waals surface area contributed by atoms with Crippen molar-refractivity contribution in [1.29, 1.82) is 0 Å². The van der Waals surface area contributed by atoms with Gasteiger partial charge >= 0.3 is 0 Å². The monoisotopic (exact) mass is 302 g/mol. The first kappa shape index (κ1) is 17.8. The van der Waals surface area contributed by atoms with Crippen molar-refractivity contribution in [3.8, 4) is 0 Å². The molecule has 1 heterocycles. The molecular weight excluding hydrogens is 272 g/mol. The van der Waals surface area contributed by atoms with Crippen LogP contribution in [0, 0.1) is 5.41 Å². The van der Waals surface area contributed by atoms with E-state index in [1.165, 1.54) is 38.5 Å². The van der Waals surface area contributed by atoms with Gasteiger partial charge in [0.15, 0.2) is 0 Å². The summed E-state index contributed by atoms with van der Waals surface area (Å²) in [5.41, 5.74) is 5.99. The van der Waals surface area contributed by atoms with E-state index in [4.69, 9.17) is 5.73 Å². The van der Waals surface area contributed by atoms with Gasteiger partial charge in [-0.05, 0) is 44.4 Å². The highest BCUT2D eigenvalue weighted by Gasteiger charge is 2.41. The quantitative estimate of drug-likeness (QED) is 0.867. The minimum absolute atomic E-state index is 0. The third-order valence-corrected chi connectivity index (χ3v) is 5.12. The number of nitrogens with two attached hydrogens (primary N) is 1. The summed E-state index contributed by atoms with van der Waals surface area (Å²) in [5, 5.41) is 0. The van der Waals surface area contributed by atoms with Gasteiger partial charge in [0.05, 0.1) is 5.54 Å². The van der Waals surface area contributed by atoms with Crippen LogP contribution in [-0.2, 0) is 4.79 Å². The fourth-order valence-electron chi connectivity index (χ4n) is 4.08. The molecule has 1 aliphatic heterocycles. The number of nitrogens with zero attached hydrogens (tertiary/aromatic N) is 1. The zero-order chi connectivity index (χ0) is 13.9. The van der Waals surface area contributed by atoms with Crippen LogP contribution in [0.25, 0.3) is 0 Å². The Morgan fingerprint density at radius 1 is 1.20 bits per heavy atom. The average Bonchev–Trinajstić information content (AvgIpc) is 2.39. The van der Waals surface area contributed by atoms with Crippen molar-refractivity contribution in [2.75, 3.05) is 13.1 Å². The summed E-state index contributed by atoms with van der Waals surface area (Å²) >= 11 is 0. The van der Waals surface area contributed by atoms with Crippen LogP contribution in [0.2, 0.25) is 0 Å². The SMILES string of the molecule is CCCC(C)(N)C(=O)N1CCCC2(CCCCC2)C1.Cl. The zero-order valence-electron chi connectivity index (χ0n) is 13.1. The van der Waals surface area contributed by atoms with Crippen molar-refractivity contribution in [3.05, 3.63) is 0 Å². The Morgan fingerprint density at radius 2 is 1.80 bits per heavy atom. The predicted molar refractivity (Wildman–Crippen MR) is 86.1 cm³/mol. The third-order valence-electron chi connectivity index (χ3n) is 5.12. The molecule has 1 amide bonds. The first-order chi connectivity index (χ1) is 8.99. The molecule has 2 rings (SSSR count). The Kier molecular flexibility index (Phi) is 6.33. The summed E-state index contributed by atoms with van der Waals surface area (Å²) in [4.78, 5) is 14.7. The molecule has 1 spiro atoms. The maximum Gasteiger partial charge on any atom is 0.242 e. The molecule has 1 atom stereocenters. The number of carbonyl (C=O) groups excluding carboxylic acids is 1. The second-order valence-electron chi connectivity index (χ2n) is 7.06. The highest BCUT2D eigenvalue weighted by molar-refractivity contribution is 5.86. The molecule has 1 aliphatic carbocycles. The van der Waals surface area contributed by atoms with Gasteiger partial charge in [-0.25, -0.2) is 0 Å². The van der Waals surface area contributed by atoms with Gasteiger partial charge in [0.1, 0.15) is 0 Å². The normalized spacial score (nSPS) is 24.9. The lowest BCUT2D eigenvalue weighted by atomic mass is 9.69. The number of likely N-dealkylation sites (tertiary alicyclic amines) is 1. The van der Waals surface area contributed by atoms with E-state index in [1.807, 2.05) is 6.92 Å².